The van der Waals surface area contributed by atoms with E-state index in [0.29, 0.717) is 6.61 Å². The summed E-state index contributed by atoms with van der Waals surface area (Å²) < 4.78 is 12.4. The van der Waals surface area contributed by atoms with Crippen molar-refractivity contribution in [2.45, 2.75) is 70.5 Å². The lowest BCUT2D eigenvalue weighted by molar-refractivity contribution is -0.0749. The van der Waals surface area contributed by atoms with Gasteiger partial charge in [-0.15, -0.1) is 0 Å². The fourth-order valence-electron chi connectivity index (χ4n) is 3.82. The van der Waals surface area contributed by atoms with E-state index in [9.17, 15) is 0 Å². The molecule has 0 radical (unpaired) electrons. The van der Waals surface area contributed by atoms with Gasteiger partial charge in [-0.05, 0) is 51.2 Å². The fraction of sp³-hybridized carbons (Fsp3) is 0.667. The van der Waals surface area contributed by atoms with Gasteiger partial charge in [-0.3, -0.25) is 0 Å². The predicted octanol–water partition coefficient (Wildman–Crippen LogP) is 4.15. The van der Waals surface area contributed by atoms with Gasteiger partial charge in [-0.2, -0.15) is 0 Å². The summed E-state index contributed by atoms with van der Waals surface area (Å²) in [7, 11) is 0. The van der Waals surface area contributed by atoms with E-state index in [1.807, 2.05) is 19.1 Å². The third kappa shape index (κ3) is 3.03. The second-order valence-corrected chi connectivity index (χ2v) is 6.76. The third-order valence-electron chi connectivity index (χ3n) is 5.16. The molecule has 1 aliphatic carbocycles. The maximum absolute atomic E-state index is 6.37. The second-order valence-electron chi connectivity index (χ2n) is 6.76. The van der Waals surface area contributed by atoms with Gasteiger partial charge < -0.3 is 15.2 Å². The quantitative estimate of drug-likeness (QED) is 0.850. The fourth-order valence-corrected chi connectivity index (χ4v) is 3.82. The summed E-state index contributed by atoms with van der Waals surface area (Å²) in [5.41, 5.74) is 9.13. The molecule has 0 amide bonds. The smallest absolute Gasteiger partial charge is 0.127 e. The van der Waals surface area contributed by atoms with E-state index in [4.69, 9.17) is 15.2 Å². The highest BCUT2D eigenvalue weighted by molar-refractivity contribution is 5.56. The number of nitrogen functional groups attached to an aromatic ring is 1. The molecule has 1 aromatic rings. The van der Waals surface area contributed by atoms with Crippen LogP contribution in [-0.4, -0.2) is 18.3 Å². The Bertz CT molecular complexity index is 506. The summed E-state index contributed by atoms with van der Waals surface area (Å²) in [4.78, 5) is 0. The van der Waals surface area contributed by atoms with Crippen LogP contribution in [0.1, 0.15) is 56.1 Å². The minimum Gasteiger partial charge on any atom is -0.490 e. The second kappa shape index (κ2) is 5.88. The zero-order valence-corrected chi connectivity index (χ0v) is 13.3. The Morgan fingerprint density at radius 2 is 1.95 bits per heavy atom. The predicted molar refractivity (Wildman–Crippen MR) is 85.7 cm³/mol. The van der Waals surface area contributed by atoms with Crippen molar-refractivity contribution >= 4 is 5.69 Å². The van der Waals surface area contributed by atoms with Crippen molar-refractivity contribution in [3.05, 3.63) is 23.3 Å². The molecule has 2 N–H and O–H groups in total. The van der Waals surface area contributed by atoms with Crippen LogP contribution in [0, 0.1) is 13.8 Å². The van der Waals surface area contributed by atoms with Crippen LogP contribution in [0.3, 0.4) is 0 Å². The number of hydrogen-bond donors (Lipinski definition) is 1. The number of ether oxygens (including phenoxy) is 2. The minimum absolute atomic E-state index is 0.173. The molecule has 1 spiro atoms. The van der Waals surface area contributed by atoms with Gasteiger partial charge in [0, 0.05) is 11.3 Å². The molecule has 2 fully saturated rings. The van der Waals surface area contributed by atoms with Crippen molar-refractivity contribution < 1.29 is 9.47 Å². The summed E-state index contributed by atoms with van der Waals surface area (Å²) in [6.07, 6.45) is 9.05. The number of rotatable bonds is 3. The number of hydrogen-bond acceptors (Lipinski definition) is 3. The van der Waals surface area contributed by atoms with Gasteiger partial charge in [0.2, 0.25) is 0 Å². The molecule has 21 heavy (non-hydrogen) atoms. The van der Waals surface area contributed by atoms with E-state index >= 15 is 0 Å². The molecule has 2 aliphatic rings. The lowest BCUT2D eigenvalue weighted by Gasteiger charge is -2.33. The van der Waals surface area contributed by atoms with Gasteiger partial charge in [0.25, 0.3) is 0 Å². The molecule has 0 bridgehead atoms. The van der Waals surface area contributed by atoms with Crippen LogP contribution in [0.15, 0.2) is 12.1 Å². The van der Waals surface area contributed by atoms with Crippen LogP contribution in [0.2, 0.25) is 0 Å². The topological polar surface area (TPSA) is 44.5 Å². The molecular weight excluding hydrogens is 262 g/mol. The van der Waals surface area contributed by atoms with Crippen molar-refractivity contribution in [1.82, 2.24) is 0 Å². The molecule has 3 heteroatoms. The first kappa shape index (κ1) is 14.7. The molecule has 1 saturated carbocycles. The lowest BCUT2D eigenvalue weighted by Crippen LogP contribution is -2.33. The van der Waals surface area contributed by atoms with E-state index in [2.05, 4.69) is 6.92 Å². The maximum Gasteiger partial charge on any atom is 0.127 e. The monoisotopic (exact) mass is 289 g/mol. The summed E-state index contributed by atoms with van der Waals surface area (Å²) in [6, 6.07) is 3.97. The first-order valence-corrected chi connectivity index (χ1v) is 8.26. The Morgan fingerprint density at radius 1 is 1.19 bits per heavy atom. The summed E-state index contributed by atoms with van der Waals surface area (Å²) in [6.45, 7) is 4.74. The van der Waals surface area contributed by atoms with E-state index in [-0.39, 0.29) is 11.7 Å². The average molecular weight is 289 g/mol. The van der Waals surface area contributed by atoms with Gasteiger partial charge in [-0.1, -0.05) is 25.3 Å². The molecule has 0 aromatic heterocycles. The van der Waals surface area contributed by atoms with Crippen LogP contribution in [-0.2, 0) is 4.74 Å². The zero-order valence-electron chi connectivity index (χ0n) is 13.3. The van der Waals surface area contributed by atoms with Crippen LogP contribution in [0.5, 0.6) is 5.75 Å². The van der Waals surface area contributed by atoms with Gasteiger partial charge in [0.1, 0.15) is 12.4 Å². The van der Waals surface area contributed by atoms with Crippen molar-refractivity contribution in [3.8, 4) is 5.75 Å². The van der Waals surface area contributed by atoms with Crippen molar-refractivity contribution in [2.24, 2.45) is 0 Å². The molecule has 1 aliphatic heterocycles. The van der Waals surface area contributed by atoms with Gasteiger partial charge in [0.05, 0.1) is 11.7 Å². The highest BCUT2D eigenvalue weighted by Gasteiger charge is 2.40. The summed E-state index contributed by atoms with van der Waals surface area (Å²) in [5.74, 6) is 0.934. The van der Waals surface area contributed by atoms with E-state index < -0.39 is 0 Å². The molecule has 1 unspecified atom stereocenters. The maximum atomic E-state index is 6.37. The van der Waals surface area contributed by atoms with Crippen molar-refractivity contribution in [3.63, 3.8) is 0 Å². The largest absolute Gasteiger partial charge is 0.490 e. The standard InChI is InChI=1S/C18H27NO2/c1-13-6-7-16(19)14(2)17(13)20-12-15-8-11-18(21-15)9-4-3-5-10-18/h6-7,15H,3-5,8-12,19H2,1-2H3. The number of nitrogens with two attached hydrogens (primary N) is 1. The van der Waals surface area contributed by atoms with Crippen molar-refractivity contribution in [1.29, 1.82) is 0 Å². The normalized spacial score (nSPS) is 24.4. The molecular formula is C18H27NO2. The van der Waals surface area contributed by atoms with Gasteiger partial charge in [-0.25, -0.2) is 0 Å². The van der Waals surface area contributed by atoms with E-state index in [0.717, 1.165) is 29.0 Å². The average Bonchev–Trinajstić information content (AvgIpc) is 2.87. The van der Waals surface area contributed by atoms with Gasteiger partial charge >= 0.3 is 0 Å². The number of benzene rings is 1. The van der Waals surface area contributed by atoms with Crippen molar-refractivity contribution in [2.75, 3.05) is 12.3 Å². The van der Waals surface area contributed by atoms with Crippen LogP contribution < -0.4 is 10.5 Å². The van der Waals surface area contributed by atoms with Crippen LogP contribution in [0.25, 0.3) is 0 Å². The number of anilines is 1. The van der Waals surface area contributed by atoms with Gasteiger partial charge in [0.15, 0.2) is 0 Å². The Balaban J connectivity index is 1.60. The molecule has 116 valence electrons. The molecule has 1 heterocycles. The molecule has 1 saturated heterocycles. The SMILES string of the molecule is Cc1ccc(N)c(C)c1OCC1CCC2(CCCCC2)O1. The molecule has 3 nitrogen and oxygen atoms in total. The summed E-state index contributed by atoms with van der Waals surface area (Å²) in [5, 5.41) is 0. The van der Waals surface area contributed by atoms with E-state index in [1.165, 1.54) is 38.5 Å². The summed E-state index contributed by atoms with van der Waals surface area (Å²) >= 11 is 0. The number of aryl methyl sites for hydroxylation is 1. The minimum atomic E-state index is 0.173. The molecule has 3 rings (SSSR count). The highest BCUT2D eigenvalue weighted by Crippen LogP contribution is 2.42. The Hall–Kier alpha value is -1.22. The van der Waals surface area contributed by atoms with Crippen LogP contribution in [0.4, 0.5) is 5.69 Å². The zero-order chi connectivity index (χ0) is 14.9. The van der Waals surface area contributed by atoms with Crippen LogP contribution >= 0.6 is 0 Å². The molecule has 1 aromatic carbocycles. The lowest BCUT2D eigenvalue weighted by atomic mass is 9.83. The molecule has 1 atom stereocenters. The highest BCUT2D eigenvalue weighted by atomic mass is 16.6. The van der Waals surface area contributed by atoms with E-state index in [1.54, 1.807) is 0 Å². The third-order valence-corrected chi connectivity index (χ3v) is 5.16. The Labute approximate surface area is 127 Å². The first-order chi connectivity index (χ1) is 10.1. The first-order valence-electron chi connectivity index (χ1n) is 8.26. The Kier molecular flexibility index (Phi) is 4.12. The Morgan fingerprint density at radius 3 is 2.71 bits per heavy atom.